The topological polar surface area (TPSA) is 24.9 Å². The van der Waals surface area contributed by atoms with E-state index in [0.29, 0.717) is 12.4 Å². The highest BCUT2D eigenvalue weighted by molar-refractivity contribution is 6.32. The fourth-order valence-electron chi connectivity index (χ4n) is 1.50. The summed E-state index contributed by atoms with van der Waals surface area (Å²) in [6, 6.07) is 0.879. The SMILES string of the molecule is FC(F)(F)c1cnc(NCCCCCCCl)c(Cl)c1. The molecule has 0 fully saturated rings. The second kappa shape index (κ2) is 7.80. The minimum atomic E-state index is -4.42. The maximum Gasteiger partial charge on any atom is 0.417 e. The van der Waals surface area contributed by atoms with Crippen LogP contribution in [0.3, 0.4) is 0 Å². The summed E-state index contributed by atoms with van der Waals surface area (Å²) in [5.41, 5.74) is -0.842. The van der Waals surface area contributed by atoms with Crippen LogP contribution in [-0.2, 0) is 6.18 Å². The van der Waals surface area contributed by atoms with Gasteiger partial charge in [-0.25, -0.2) is 4.98 Å². The van der Waals surface area contributed by atoms with Crippen LogP contribution < -0.4 is 5.32 Å². The van der Waals surface area contributed by atoms with Crippen molar-refractivity contribution in [3.8, 4) is 0 Å². The summed E-state index contributed by atoms with van der Waals surface area (Å²) < 4.78 is 37.2. The number of nitrogens with zero attached hydrogens (tertiary/aromatic N) is 1. The van der Waals surface area contributed by atoms with Gasteiger partial charge in [-0.15, -0.1) is 11.6 Å². The number of hydrogen-bond acceptors (Lipinski definition) is 2. The number of halogens is 5. The van der Waals surface area contributed by atoms with E-state index in [2.05, 4.69) is 10.3 Å². The first-order chi connectivity index (χ1) is 8.95. The molecule has 0 aliphatic rings. The Morgan fingerprint density at radius 1 is 1.16 bits per heavy atom. The van der Waals surface area contributed by atoms with Crippen LogP contribution in [0.25, 0.3) is 0 Å². The molecule has 7 heteroatoms. The summed E-state index contributed by atoms with van der Waals surface area (Å²) >= 11 is 11.3. The first-order valence-corrected chi connectivity index (χ1v) is 6.89. The molecule has 0 radical (unpaired) electrons. The predicted octanol–water partition coefficient (Wildman–Crippen LogP) is 4.96. The molecule has 1 N–H and O–H groups in total. The van der Waals surface area contributed by atoms with Crippen LogP contribution in [0, 0.1) is 0 Å². The molecule has 0 amide bonds. The van der Waals surface area contributed by atoms with Gasteiger partial charge in [-0.2, -0.15) is 13.2 Å². The maximum atomic E-state index is 12.4. The van der Waals surface area contributed by atoms with Crippen molar-refractivity contribution >= 4 is 29.0 Å². The van der Waals surface area contributed by atoms with E-state index in [4.69, 9.17) is 23.2 Å². The Labute approximate surface area is 120 Å². The Bertz CT molecular complexity index is 397. The van der Waals surface area contributed by atoms with E-state index < -0.39 is 11.7 Å². The van der Waals surface area contributed by atoms with Crippen molar-refractivity contribution in [1.82, 2.24) is 4.98 Å². The molecule has 0 saturated heterocycles. The van der Waals surface area contributed by atoms with Gasteiger partial charge < -0.3 is 5.32 Å². The van der Waals surface area contributed by atoms with Crippen LogP contribution in [0.5, 0.6) is 0 Å². The second-order valence-corrected chi connectivity index (χ2v) is 4.87. The molecule has 0 aromatic carbocycles. The summed E-state index contributed by atoms with van der Waals surface area (Å²) in [5, 5.41) is 2.91. The molecule has 0 unspecified atom stereocenters. The monoisotopic (exact) mass is 314 g/mol. The van der Waals surface area contributed by atoms with E-state index in [1.165, 1.54) is 0 Å². The van der Waals surface area contributed by atoms with Gasteiger partial charge in [-0.3, -0.25) is 0 Å². The molecule has 2 nitrogen and oxygen atoms in total. The van der Waals surface area contributed by atoms with Gasteiger partial charge in [-0.1, -0.05) is 24.4 Å². The van der Waals surface area contributed by atoms with E-state index in [9.17, 15) is 13.2 Å². The van der Waals surface area contributed by atoms with Gasteiger partial charge in [0, 0.05) is 18.6 Å². The molecule has 0 saturated carbocycles. The molecule has 1 heterocycles. The number of aromatic nitrogens is 1. The van der Waals surface area contributed by atoms with Crippen LogP contribution in [0.1, 0.15) is 31.2 Å². The number of hydrogen-bond donors (Lipinski definition) is 1. The molecule has 0 spiro atoms. The number of anilines is 1. The fraction of sp³-hybridized carbons (Fsp3) is 0.583. The lowest BCUT2D eigenvalue weighted by atomic mass is 10.2. The Balaban J connectivity index is 2.43. The van der Waals surface area contributed by atoms with Gasteiger partial charge in [0.2, 0.25) is 0 Å². The van der Waals surface area contributed by atoms with E-state index in [0.717, 1.165) is 37.9 Å². The first kappa shape index (κ1) is 16.4. The predicted molar refractivity (Wildman–Crippen MR) is 71.9 cm³/mol. The molecule has 1 aromatic heterocycles. The number of rotatable bonds is 7. The molecular weight excluding hydrogens is 300 g/mol. The van der Waals surface area contributed by atoms with E-state index in [-0.39, 0.29) is 10.8 Å². The third-order valence-electron chi connectivity index (χ3n) is 2.52. The van der Waals surface area contributed by atoms with Crippen molar-refractivity contribution in [3.05, 3.63) is 22.8 Å². The highest BCUT2D eigenvalue weighted by Crippen LogP contribution is 2.32. The molecule has 0 atom stereocenters. The zero-order valence-electron chi connectivity index (χ0n) is 10.2. The van der Waals surface area contributed by atoms with Gasteiger partial charge in [0.05, 0.1) is 10.6 Å². The minimum absolute atomic E-state index is 0.0180. The number of pyridine rings is 1. The molecule has 1 rings (SSSR count). The van der Waals surface area contributed by atoms with Crippen molar-refractivity contribution in [3.63, 3.8) is 0 Å². The van der Waals surface area contributed by atoms with E-state index in [1.54, 1.807) is 0 Å². The first-order valence-electron chi connectivity index (χ1n) is 5.97. The molecule has 0 bridgehead atoms. The highest BCUT2D eigenvalue weighted by Gasteiger charge is 2.31. The fourth-order valence-corrected chi connectivity index (χ4v) is 1.92. The average molecular weight is 315 g/mol. The Kier molecular flexibility index (Phi) is 6.72. The number of unbranched alkanes of at least 4 members (excludes halogenated alkanes) is 3. The van der Waals surface area contributed by atoms with Crippen molar-refractivity contribution in [2.24, 2.45) is 0 Å². The van der Waals surface area contributed by atoms with E-state index in [1.807, 2.05) is 0 Å². The quantitative estimate of drug-likeness (QED) is 0.568. The molecule has 0 aliphatic heterocycles. The summed E-state index contributed by atoms with van der Waals surface area (Å²) in [6.07, 6.45) is 0.284. The second-order valence-electron chi connectivity index (χ2n) is 4.08. The molecular formula is C12H15Cl2F3N2. The summed E-state index contributed by atoms with van der Waals surface area (Å²) in [7, 11) is 0. The van der Waals surface area contributed by atoms with Gasteiger partial charge in [-0.05, 0) is 18.9 Å². The average Bonchev–Trinajstić information content (AvgIpc) is 2.34. The van der Waals surface area contributed by atoms with Crippen molar-refractivity contribution in [1.29, 1.82) is 0 Å². The van der Waals surface area contributed by atoms with Crippen LogP contribution in [-0.4, -0.2) is 17.4 Å². The van der Waals surface area contributed by atoms with E-state index >= 15 is 0 Å². The van der Waals surface area contributed by atoms with Gasteiger partial charge in [0.1, 0.15) is 5.82 Å². The van der Waals surface area contributed by atoms with Crippen LogP contribution in [0.4, 0.5) is 19.0 Å². The summed E-state index contributed by atoms with van der Waals surface area (Å²) in [4.78, 5) is 3.69. The van der Waals surface area contributed by atoms with Gasteiger partial charge in [0.25, 0.3) is 0 Å². The van der Waals surface area contributed by atoms with Crippen molar-refractivity contribution in [2.75, 3.05) is 17.7 Å². The molecule has 19 heavy (non-hydrogen) atoms. The summed E-state index contributed by atoms with van der Waals surface area (Å²) in [6.45, 7) is 0.625. The lowest BCUT2D eigenvalue weighted by Gasteiger charge is -2.10. The third-order valence-corrected chi connectivity index (χ3v) is 3.08. The highest BCUT2D eigenvalue weighted by atomic mass is 35.5. The lowest BCUT2D eigenvalue weighted by Crippen LogP contribution is -2.08. The Hall–Kier alpha value is -0.680. The lowest BCUT2D eigenvalue weighted by molar-refractivity contribution is -0.137. The number of alkyl halides is 4. The largest absolute Gasteiger partial charge is 0.417 e. The van der Waals surface area contributed by atoms with Crippen LogP contribution in [0.15, 0.2) is 12.3 Å². The van der Waals surface area contributed by atoms with Gasteiger partial charge >= 0.3 is 6.18 Å². The standard InChI is InChI=1S/C12H15Cl2F3N2/c13-5-3-1-2-4-6-18-11-10(14)7-9(8-19-11)12(15,16)17/h7-8H,1-6H2,(H,18,19). The Morgan fingerprint density at radius 3 is 2.42 bits per heavy atom. The molecule has 108 valence electrons. The summed E-state index contributed by atoms with van der Waals surface area (Å²) in [5.74, 6) is 0.937. The third kappa shape index (κ3) is 5.87. The van der Waals surface area contributed by atoms with Gasteiger partial charge in [0.15, 0.2) is 0 Å². The maximum absolute atomic E-state index is 12.4. The molecule has 0 aliphatic carbocycles. The van der Waals surface area contributed by atoms with Crippen LogP contribution in [0.2, 0.25) is 5.02 Å². The zero-order valence-corrected chi connectivity index (χ0v) is 11.7. The Morgan fingerprint density at radius 2 is 1.84 bits per heavy atom. The molecule has 1 aromatic rings. The van der Waals surface area contributed by atoms with Crippen molar-refractivity contribution in [2.45, 2.75) is 31.9 Å². The zero-order chi connectivity index (χ0) is 14.3. The minimum Gasteiger partial charge on any atom is -0.369 e. The van der Waals surface area contributed by atoms with Crippen molar-refractivity contribution < 1.29 is 13.2 Å². The smallest absolute Gasteiger partial charge is 0.369 e. The normalized spacial score (nSPS) is 11.6. The van der Waals surface area contributed by atoms with Crippen LogP contribution >= 0.6 is 23.2 Å². The number of nitrogens with one attached hydrogen (secondary N) is 1.